The second-order valence-corrected chi connectivity index (χ2v) is 10.00. The highest BCUT2D eigenvalue weighted by molar-refractivity contribution is 7.92. The zero-order valence-corrected chi connectivity index (χ0v) is 20.3. The molecule has 1 aliphatic heterocycles. The van der Waals surface area contributed by atoms with Crippen LogP contribution < -0.4 is 9.04 Å². The van der Waals surface area contributed by atoms with Gasteiger partial charge in [-0.05, 0) is 62.2 Å². The standard InChI is InChI=1S/C24H29FN2O6S/c1-4-33-24(29)17-11-13-26(14-12-17)23(28)18-5-10-22(32-2)19(15-18)16-27(34(3,30)31)21-8-6-20(25)7-9-21/h5-10,15,17H,4,11-14,16H2,1-3H3. The molecule has 0 N–H and O–H groups in total. The molecule has 0 radical (unpaired) electrons. The van der Waals surface area contributed by atoms with Crippen molar-refractivity contribution < 1.29 is 31.9 Å². The molecule has 34 heavy (non-hydrogen) atoms. The van der Waals surface area contributed by atoms with Gasteiger partial charge in [-0.25, -0.2) is 12.8 Å². The number of hydrogen-bond acceptors (Lipinski definition) is 6. The molecular formula is C24H29FN2O6S. The molecule has 2 aromatic carbocycles. The van der Waals surface area contributed by atoms with E-state index < -0.39 is 15.8 Å². The summed E-state index contributed by atoms with van der Waals surface area (Å²) in [6, 6.07) is 10.00. The van der Waals surface area contributed by atoms with E-state index in [0.29, 0.717) is 55.1 Å². The number of esters is 1. The first-order valence-electron chi connectivity index (χ1n) is 11.0. The van der Waals surface area contributed by atoms with E-state index in [-0.39, 0.29) is 24.3 Å². The summed E-state index contributed by atoms with van der Waals surface area (Å²) < 4.78 is 50.0. The Bertz CT molecular complexity index is 1130. The molecule has 0 spiro atoms. The Balaban J connectivity index is 1.82. The van der Waals surface area contributed by atoms with Crippen LogP contribution >= 0.6 is 0 Å². The van der Waals surface area contributed by atoms with E-state index in [0.717, 1.165) is 10.6 Å². The summed E-state index contributed by atoms with van der Waals surface area (Å²) in [5.74, 6) is -0.709. The Morgan fingerprint density at radius 2 is 1.76 bits per heavy atom. The van der Waals surface area contributed by atoms with Gasteiger partial charge in [0.1, 0.15) is 11.6 Å². The molecule has 184 valence electrons. The topological polar surface area (TPSA) is 93.2 Å². The molecule has 0 atom stereocenters. The number of anilines is 1. The molecular weight excluding hydrogens is 463 g/mol. The van der Waals surface area contributed by atoms with Crippen LogP contribution in [0.1, 0.15) is 35.7 Å². The quantitative estimate of drug-likeness (QED) is 0.526. The average molecular weight is 493 g/mol. The Kier molecular flexibility index (Phi) is 8.14. The molecule has 0 bridgehead atoms. The van der Waals surface area contributed by atoms with Crippen molar-refractivity contribution in [1.29, 1.82) is 0 Å². The van der Waals surface area contributed by atoms with Crippen molar-refractivity contribution >= 4 is 27.6 Å². The van der Waals surface area contributed by atoms with Crippen molar-refractivity contribution in [2.24, 2.45) is 5.92 Å². The van der Waals surface area contributed by atoms with Gasteiger partial charge >= 0.3 is 5.97 Å². The lowest BCUT2D eigenvalue weighted by molar-refractivity contribution is -0.149. The van der Waals surface area contributed by atoms with Crippen LogP contribution in [0.25, 0.3) is 0 Å². The van der Waals surface area contributed by atoms with Gasteiger partial charge < -0.3 is 14.4 Å². The fourth-order valence-electron chi connectivity index (χ4n) is 3.96. The predicted octanol–water partition coefficient (Wildman–Crippen LogP) is 3.22. The monoisotopic (exact) mass is 492 g/mol. The molecule has 0 aromatic heterocycles. The number of rotatable bonds is 8. The molecule has 1 aliphatic rings. The highest BCUT2D eigenvalue weighted by Crippen LogP contribution is 2.28. The summed E-state index contributed by atoms with van der Waals surface area (Å²) in [4.78, 5) is 26.8. The van der Waals surface area contributed by atoms with Crippen molar-refractivity contribution in [2.45, 2.75) is 26.3 Å². The normalized spacial score (nSPS) is 14.5. The van der Waals surface area contributed by atoms with Crippen molar-refractivity contribution in [2.75, 3.05) is 37.4 Å². The number of ether oxygens (including phenoxy) is 2. The third kappa shape index (κ3) is 6.05. The van der Waals surface area contributed by atoms with Crippen LogP contribution in [0, 0.1) is 11.7 Å². The number of likely N-dealkylation sites (tertiary alicyclic amines) is 1. The maximum atomic E-state index is 13.4. The van der Waals surface area contributed by atoms with Crippen LogP contribution in [0.15, 0.2) is 42.5 Å². The minimum atomic E-state index is -3.71. The third-order valence-electron chi connectivity index (χ3n) is 5.76. The molecule has 1 saturated heterocycles. The van der Waals surface area contributed by atoms with Gasteiger partial charge in [0.15, 0.2) is 0 Å². The van der Waals surface area contributed by atoms with Crippen molar-refractivity contribution in [1.82, 2.24) is 4.90 Å². The molecule has 1 fully saturated rings. The lowest BCUT2D eigenvalue weighted by atomic mass is 9.96. The lowest BCUT2D eigenvalue weighted by Gasteiger charge is -2.31. The highest BCUT2D eigenvalue weighted by Gasteiger charge is 2.29. The number of methoxy groups -OCH3 is 1. The summed E-state index contributed by atoms with van der Waals surface area (Å²) in [6.07, 6.45) is 2.12. The summed E-state index contributed by atoms with van der Waals surface area (Å²) in [6.45, 7) is 2.84. The maximum absolute atomic E-state index is 13.4. The first kappa shape index (κ1) is 25.5. The van der Waals surface area contributed by atoms with Crippen molar-refractivity contribution in [3.8, 4) is 5.75 Å². The van der Waals surface area contributed by atoms with Crippen LogP contribution in [0.5, 0.6) is 5.75 Å². The van der Waals surface area contributed by atoms with E-state index in [1.54, 1.807) is 30.0 Å². The second kappa shape index (κ2) is 10.9. The number of sulfonamides is 1. The number of benzene rings is 2. The fourth-order valence-corrected chi connectivity index (χ4v) is 4.84. The van der Waals surface area contributed by atoms with Crippen molar-refractivity contribution in [3.05, 3.63) is 59.4 Å². The van der Waals surface area contributed by atoms with Crippen LogP contribution in [-0.4, -0.2) is 58.3 Å². The molecule has 10 heteroatoms. The zero-order chi connectivity index (χ0) is 24.9. The van der Waals surface area contributed by atoms with E-state index >= 15 is 0 Å². The van der Waals surface area contributed by atoms with Crippen LogP contribution in [0.3, 0.4) is 0 Å². The lowest BCUT2D eigenvalue weighted by Crippen LogP contribution is -2.40. The number of carbonyl (C=O) groups is 2. The molecule has 3 rings (SSSR count). The molecule has 8 nitrogen and oxygen atoms in total. The molecule has 1 heterocycles. The summed E-state index contributed by atoms with van der Waals surface area (Å²) >= 11 is 0. The Morgan fingerprint density at radius 1 is 1.12 bits per heavy atom. The average Bonchev–Trinajstić information content (AvgIpc) is 2.82. The van der Waals surface area contributed by atoms with Crippen LogP contribution in [0.2, 0.25) is 0 Å². The van der Waals surface area contributed by atoms with Gasteiger partial charge in [-0.2, -0.15) is 0 Å². The number of nitrogens with zero attached hydrogens (tertiary/aromatic N) is 2. The fraction of sp³-hybridized carbons (Fsp3) is 0.417. The number of piperidine rings is 1. The Morgan fingerprint density at radius 3 is 2.32 bits per heavy atom. The van der Waals surface area contributed by atoms with E-state index in [9.17, 15) is 22.4 Å². The van der Waals surface area contributed by atoms with Crippen LogP contribution in [0.4, 0.5) is 10.1 Å². The van der Waals surface area contributed by atoms with Crippen LogP contribution in [-0.2, 0) is 26.1 Å². The second-order valence-electron chi connectivity index (χ2n) is 8.09. The summed E-state index contributed by atoms with van der Waals surface area (Å²) in [7, 11) is -2.25. The van der Waals surface area contributed by atoms with Gasteiger partial charge in [0.05, 0.1) is 38.1 Å². The smallest absolute Gasteiger partial charge is 0.309 e. The van der Waals surface area contributed by atoms with Gasteiger partial charge in [0.25, 0.3) is 5.91 Å². The predicted molar refractivity (Wildman–Crippen MR) is 126 cm³/mol. The number of halogens is 1. The van der Waals surface area contributed by atoms with E-state index in [1.165, 1.54) is 31.4 Å². The summed E-state index contributed by atoms with van der Waals surface area (Å²) in [5.41, 5.74) is 1.17. The Labute approximate surface area is 199 Å². The first-order chi connectivity index (χ1) is 16.1. The SMILES string of the molecule is CCOC(=O)C1CCN(C(=O)c2ccc(OC)c(CN(c3ccc(F)cc3)S(C)(=O)=O)c2)CC1. The minimum absolute atomic E-state index is 0.0975. The van der Waals surface area contributed by atoms with Gasteiger partial charge in [-0.15, -0.1) is 0 Å². The van der Waals surface area contributed by atoms with E-state index in [1.807, 2.05) is 0 Å². The highest BCUT2D eigenvalue weighted by atomic mass is 32.2. The first-order valence-corrected chi connectivity index (χ1v) is 12.8. The zero-order valence-electron chi connectivity index (χ0n) is 19.5. The van der Waals surface area contributed by atoms with Gasteiger partial charge in [-0.1, -0.05) is 0 Å². The molecule has 1 amide bonds. The summed E-state index contributed by atoms with van der Waals surface area (Å²) in [5, 5.41) is 0. The number of amides is 1. The molecule has 0 unspecified atom stereocenters. The Hall–Kier alpha value is -3.14. The van der Waals surface area contributed by atoms with Gasteiger partial charge in [0.2, 0.25) is 10.0 Å². The molecule has 2 aromatic rings. The number of carbonyl (C=O) groups excluding carboxylic acids is 2. The van der Waals surface area contributed by atoms with Crippen molar-refractivity contribution in [3.63, 3.8) is 0 Å². The van der Waals surface area contributed by atoms with Gasteiger partial charge in [0, 0.05) is 24.2 Å². The molecule has 0 aliphatic carbocycles. The third-order valence-corrected chi connectivity index (χ3v) is 6.90. The van der Waals surface area contributed by atoms with E-state index in [2.05, 4.69) is 0 Å². The van der Waals surface area contributed by atoms with Gasteiger partial charge in [-0.3, -0.25) is 13.9 Å². The largest absolute Gasteiger partial charge is 0.496 e. The minimum Gasteiger partial charge on any atom is -0.496 e. The van der Waals surface area contributed by atoms with E-state index in [4.69, 9.17) is 9.47 Å². The number of hydrogen-bond donors (Lipinski definition) is 0. The maximum Gasteiger partial charge on any atom is 0.309 e. The molecule has 0 saturated carbocycles.